The zero-order chi connectivity index (χ0) is 10.1. The molecular weight excluding hydrogens is 170 g/mol. The first-order chi connectivity index (χ1) is 6.26. The normalized spacial score (nSPS) is 12.5. The van der Waals surface area contributed by atoms with Gasteiger partial charge in [-0.3, -0.25) is 0 Å². The fourth-order valence-corrected chi connectivity index (χ4v) is 0.906. The second-order valence-electron chi connectivity index (χ2n) is 2.83. The van der Waals surface area contributed by atoms with Crippen LogP contribution < -0.4 is 5.73 Å². The van der Waals surface area contributed by atoms with Crippen molar-refractivity contribution in [2.24, 2.45) is 5.73 Å². The largest absolute Gasteiger partial charge is 0.464 e. The highest BCUT2D eigenvalue weighted by Crippen LogP contribution is 1.97. The van der Waals surface area contributed by atoms with E-state index in [4.69, 9.17) is 15.2 Å². The monoisotopic (exact) mass is 189 g/mol. The molecule has 0 bridgehead atoms. The Morgan fingerprint density at radius 2 is 2.15 bits per heavy atom. The van der Waals surface area contributed by atoms with Crippen LogP contribution in [0.3, 0.4) is 0 Å². The summed E-state index contributed by atoms with van der Waals surface area (Å²) in [7, 11) is 1.45. The lowest BCUT2D eigenvalue weighted by molar-refractivity contribution is -0.154. The van der Waals surface area contributed by atoms with Gasteiger partial charge in [0.2, 0.25) is 0 Å². The molecule has 0 aliphatic carbocycles. The van der Waals surface area contributed by atoms with Crippen LogP contribution >= 0.6 is 0 Å². The fourth-order valence-electron chi connectivity index (χ4n) is 0.906. The van der Waals surface area contributed by atoms with Gasteiger partial charge in [0.05, 0.1) is 6.61 Å². The summed E-state index contributed by atoms with van der Waals surface area (Å²) < 4.78 is 9.76. The number of ether oxygens (including phenoxy) is 2. The van der Waals surface area contributed by atoms with E-state index in [9.17, 15) is 4.79 Å². The Kier molecular flexibility index (Phi) is 7.63. The van der Waals surface area contributed by atoms with E-state index in [-0.39, 0.29) is 12.5 Å². The summed E-state index contributed by atoms with van der Waals surface area (Å²) >= 11 is 0. The van der Waals surface area contributed by atoms with Crippen LogP contribution in [0.1, 0.15) is 26.2 Å². The van der Waals surface area contributed by atoms with Crippen molar-refractivity contribution in [1.29, 1.82) is 0 Å². The molecule has 13 heavy (non-hydrogen) atoms. The highest BCUT2D eigenvalue weighted by Gasteiger charge is 2.16. The minimum atomic E-state index is -0.610. The van der Waals surface area contributed by atoms with Crippen molar-refractivity contribution in [3.8, 4) is 0 Å². The number of esters is 1. The molecule has 0 saturated heterocycles. The molecule has 0 saturated carbocycles. The first kappa shape index (κ1) is 12.4. The van der Waals surface area contributed by atoms with Gasteiger partial charge in [0.1, 0.15) is 0 Å². The number of unbranched alkanes of at least 4 members (excludes halogenated alkanes) is 2. The van der Waals surface area contributed by atoms with Gasteiger partial charge in [-0.15, -0.1) is 0 Å². The highest BCUT2D eigenvalue weighted by molar-refractivity contribution is 5.74. The predicted octanol–water partition coefficient (Wildman–Crippen LogP) is 0.694. The highest BCUT2D eigenvalue weighted by atomic mass is 16.6. The van der Waals surface area contributed by atoms with E-state index >= 15 is 0 Å². The van der Waals surface area contributed by atoms with Crippen LogP contribution in [0.15, 0.2) is 0 Å². The average Bonchev–Trinajstić information content (AvgIpc) is 2.14. The van der Waals surface area contributed by atoms with Crippen LogP contribution in [0, 0.1) is 0 Å². The van der Waals surface area contributed by atoms with Crippen LogP contribution in [0.2, 0.25) is 0 Å². The van der Waals surface area contributed by atoms with Crippen LogP contribution in [-0.4, -0.2) is 32.3 Å². The lowest BCUT2D eigenvalue weighted by Crippen LogP contribution is -2.33. The van der Waals surface area contributed by atoms with Crippen molar-refractivity contribution < 1.29 is 14.3 Å². The Labute approximate surface area is 79.4 Å². The van der Waals surface area contributed by atoms with E-state index in [1.54, 1.807) is 0 Å². The molecule has 1 atom stereocenters. The van der Waals surface area contributed by atoms with Gasteiger partial charge in [0.15, 0.2) is 6.10 Å². The molecule has 1 unspecified atom stereocenters. The molecule has 0 spiro atoms. The zero-order valence-corrected chi connectivity index (χ0v) is 8.41. The molecule has 0 aliphatic heterocycles. The smallest absolute Gasteiger partial charge is 0.336 e. The number of methoxy groups -OCH3 is 1. The third-order valence-corrected chi connectivity index (χ3v) is 1.75. The van der Waals surface area contributed by atoms with Gasteiger partial charge >= 0.3 is 5.97 Å². The average molecular weight is 189 g/mol. The fraction of sp³-hybridized carbons (Fsp3) is 0.889. The van der Waals surface area contributed by atoms with Gasteiger partial charge < -0.3 is 15.2 Å². The minimum Gasteiger partial charge on any atom is -0.464 e. The molecule has 78 valence electrons. The maximum absolute atomic E-state index is 11.1. The third-order valence-electron chi connectivity index (χ3n) is 1.75. The summed E-state index contributed by atoms with van der Waals surface area (Å²) in [6.07, 6.45) is 2.49. The molecule has 0 amide bonds. The first-order valence-electron chi connectivity index (χ1n) is 4.65. The summed E-state index contributed by atoms with van der Waals surface area (Å²) in [6.45, 7) is 2.73. The Hall–Kier alpha value is -0.610. The number of hydrogen-bond acceptors (Lipinski definition) is 4. The lowest BCUT2D eigenvalue weighted by Gasteiger charge is -2.11. The Morgan fingerprint density at radius 1 is 1.46 bits per heavy atom. The van der Waals surface area contributed by atoms with Gasteiger partial charge in [-0.2, -0.15) is 0 Å². The Balaban J connectivity index is 3.48. The van der Waals surface area contributed by atoms with Gasteiger partial charge in [-0.05, 0) is 6.42 Å². The summed E-state index contributed by atoms with van der Waals surface area (Å²) in [5.41, 5.74) is 5.29. The molecule has 0 aromatic carbocycles. The zero-order valence-electron chi connectivity index (χ0n) is 8.41. The Morgan fingerprint density at radius 3 is 2.62 bits per heavy atom. The molecule has 4 heteroatoms. The number of hydrogen-bond donors (Lipinski definition) is 1. The van der Waals surface area contributed by atoms with Crippen molar-refractivity contribution >= 4 is 5.97 Å². The topological polar surface area (TPSA) is 61.5 Å². The third kappa shape index (κ3) is 5.60. The number of carbonyl (C=O) groups is 1. The van der Waals surface area contributed by atoms with Gasteiger partial charge in [0, 0.05) is 13.7 Å². The van der Waals surface area contributed by atoms with Crippen LogP contribution in [0.25, 0.3) is 0 Å². The number of carbonyl (C=O) groups excluding carboxylic acids is 1. The number of rotatable bonds is 7. The lowest BCUT2D eigenvalue weighted by atomic mass is 10.3. The van der Waals surface area contributed by atoms with E-state index < -0.39 is 6.10 Å². The van der Waals surface area contributed by atoms with Crippen LogP contribution in [0.4, 0.5) is 0 Å². The molecule has 4 nitrogen and oxygen atoms in total. The predicted molar refractivity (Wildman–Crippen MR) is 50.3 cm³/mol. The van der Waals surface area contributed by atoms with E-state index in [1.807, 2.05) is 0 Å². The first-order valence-corrected chi connectivity index (χ1v) is 4.65. The van der Waals surface area contributed by atoms with E-state index in [0.717, 1.165) is 19.3 Å². The molecule has 0 heterocycles. The van der Waals surface area contributed by atoms with Gasteiger partial charge in [-0.25, -0.2) is 4.79 Å². The van der Waals surface area contributed by atoms with Gasteiger partial charge in [0.25, 0.3) is 0 Å². The SMILES string of the molecule is CCCCCOC(=O)C(CN)OC. The standard InChI is InChI=1S/C9H19NO3/c1-3-4-5-6-13-9(11)8(7-10)12-2/h8H,3-7,10H2,1-2H3. The van der Waals surface area contributed by atoms with Crippen molar-refractivity contribution in [3.05, 3.63) is 0 Å². The second kappa shape index (κ2) is 8.01. The van der Waals surface area contributed by atoms with E-state index in [1.165, 1.54) is 7.11 Å². The van der Waals surface area contributed by atoms with Crippen molar-refractivity contribution in [2.75, 3.05) is 20.3 Å². The van der Waals surface area contributed by atoms with Crippen LogP contribution in [0.5, 0.6) is 0 Å². The molecule has 0 aromatic heterocycles. The Bertz CT molecular complexity index is 135. The van der Waals surface area contributed by atoms with Crippen LogP contribution in [-0.2, 0) is 14.3 Å². The molecule has 2 N–H and O–H groups in total. The maximum Gasteiger partial charge on any atom is 0.336 e. The maximum atomic E-state index is 11.1. The summed E-state index contributed by atoms with van der Waals surface area (Å²) in [4.78, 5) is 11.1. The van der Waals surface area contributed by atoms with Crippen molar-refractivity contribution in [2.45, 2.75) is 32.3 Å². The molecule has 0 aliphatic rings. The molecular formula is C9H19NO3. The van der Waals surface area contributed by atoms with E-state index in [2.05, 4.69) is 6.92 Å². The molecule has 0 aromatic rings. The van der Waals surface area contributed by atoms with Gasteiger partial charge in [-0.1, -0.05) is 19.8 Å². The molecule has 0 rings (SSSR count). The quantitative estimate of drug-likeness (QED) is 0.473. The molecule has 0 radical (unpaired) electrons. The summed E-state index contributed by atoms with van der Waals surface area (Å²) in [5.74, 6) is -0.360. The molecule has 0 fully saturated rings. The van der Waals surface area contributed by atoms with Crippen molar-refractivity contribution in [3.63, 3.8) is 0 Å². The van der Waals surface area contributed by atoms with E-state index in [0.29, 0.717) is 6.61 Å². The minimum absolute atomic E-state index is 0.170. The summed E-state index contributed by atoms with van der Waals surface area (Å²) in [5, 5.41) is 0. The van der Waals surface area contributed by atoms with Crippen molar-refractivity contribution in [1.82, 2.24) is 0 Å². The second-order valence-corrected chi connectivity index (χ2v) is 2.83. The number of nitrogens with two attached hydrogens (primary N) is 1. The summed E-state index contributed by atoms with van der Waals surface area (Å²) in [6, 6.07) is 0.